The standard InChI is InChI=1S/C20H19ClN2O3/c1-4-26-16-8-6-5-7-14(16)22-18-17(21)19(24)23(20(18)25)15-11-12(2)9-10-13(15)3/h5-11,22H,4H2,1-3H3. The molecule has 1 heterocycles. The van der Waals surface area contributed by atoms with Gasteiger partial charge in [0.25, 0.3) is 11.8 Å². The number of carbonyl (C=O) groups is 2. The fourth-order valence-electron chi connectivity index (χ4n) is 2.78. The predicted molar refractivity (Wildman–Crippen MR) is 103 cm³/mol. The molecule has 0 unspecified atom stereocenters. The molecule has 0 radical (unpaired) electrons. The van der Waals surface area contributed by atoms with Crippen molar-refractivity contribution in [3.8, 4) is 5.75 Å². The highest BCUT2D eigenvalue weighted by atomic mass is 35.5. The number of aryl methyl sites for hydroxylation is 2. The average molecular weight is 371 g/mol. The zero-order valence-corrected chi connectivity index (χ0v) is 15.6. The number of halogens is 1. The third-order valence-corrected chi connectivity index (χ3v) is 4.43. The Morgan fingerprint density at radius 2 is 1.81 bits per heavy atom. The van der Waals surface area contributed by atoms with Gasteiger partial charge in [0.1, 0.15) is 16.5 Å². The van der Waals surface area contributed by atoms with E-state index in [0.29, 0.717) is 23.7 Å². The Morgan fingerprint density at radius 1 is 1.08 bits per heavy atom. The highest BCUT2D eigenvalue weighted by Crippen LogP contribution is 2.34. The SMILES string of the molecule is CCOc1ccccc1NC1=C(Cl)C(=O)N(c2cc(C)ccc2C)C1=O. The lowest BCUT2D eigenvalue weighted by molar-refractivity contribution is -0.120. The largest absolute Gasteiger partial charge is 0.492 e. The van der Waals surface area contributed by atoms with E-state index in [1.54, 1.807) is 18.2 Å². The number of para-hydroxylation sites is 2. The predicted octanol–water partition coefficient (Wildman–Crippen LogP) is 4.14. The van der Waals surface area contributed by atoms with Gasteiger partial charge in [0.15, 0.2) is 0 Å². The highest BCUT2D eigenvalue weighted by molar-refractivity contribution is 6.53. The second-order valence-electron chi connectivity index (χ2n) is 5.98. The number of hydrogen-bond acceptors (Lipinski definition) is 4. The van der Waals surface area contributed by atoms with Crippen molar-refractivity contribution in [1.29, 1.82) is 0 Å². The van der Waals surface area contributed by atoms with E-state index in [4.69, 9.17) is 16.3 Å². The lowest BCUT2D eigenvalue weighted by Gasteiger charge is -2.18. The van der Waals surface area contributed by atoms with Crippen molar-refractivity contribution in [1.82, 2.24) is 0 Å². The maximum atomic E-state index is 12.9. The van der Waals surface area contributed by atoms with Crippen LogP contribution >= 0.6 is 11.6 Å². The first kappa shape index (κ1) is 18.0. The van der Waals surface area contributed by atoms with Gasteiger partial charge in [0.05, 0.1) is 18.0 Å². The number of carbonyl (C=O) groups excluding carboxylic acids is 2. The molecular formula is C20H19ClN2O3. The zero-order chi connectivity index (χ0) is 18.8. The molecule has 0 atom stereocenters. The molecule has 2 amide bonds. The van der Waals surface area contributed by atoms with Gasteiger partial charge in [-0.25, -0.2) is 4.90 Å². The second kappa shape index (κ2) is 7.22. The minimum absolute atomic E-state index is 0.0460. The van der Waals surface area contributed by atoms with Crippen molar-refractivity contribution in [3.05, 3.63) is 64.3 Å². The van der Waals surface area contributed by atoms with Crippen LogP contribution in [-0.4, -0.2) is 18.4 Å². The van der Waals surface area contributed by atoms with Gasteiger partial charge in [-0.15, -0.1) is 0 Å². The molecule has 3 rings (SSSR count). The van der Waals surface area contributed by atoms with Gasteiger partial charge in [-0.2, -0.15) is 0 Å². The summed E-state index contributed by atoms with van der Waals surface area (Å²) in [5.41, 5.74) is 2.92. The monoisotopic (exact) mass is 370 g/mol. The third kappa shape index (κ3) is 3.18. The molecule has 1 aliphatic rings. The Bertz CT molecular complexity index is 921. The lowest BCUT2D eigenvalue weighted by atomic mass is 10.1. The lowest BCUT2D eigenvalue weighted by Crippen LogP contribution is -2.33. The van der Waals surface area contributed by atoms with Crippen LogP contribution in [0.25, 0.3) is 0 Å². The number of ether oxygens (including phenoxy) is 1. The Labute approximate surface area is 157 Å². The van der Waals surface area contributed by atoms with E-state index in [0.717, 1.165) is 16.0 Å². The molecule has 0 aliphatic carbocycles. The van der Waals surface area contributed by atoms with Crippen LogP contribution in [0.4, 0.5) is 11.4 Å². The molecule has 0 bridgehead atoms. The van der Waals surface area contributed by atoms with Gasteiger partial charge in [0, 0.05) is 0 Å². The van der Waals surface area contributed by atoms with Crippen molar-refractivity contribution >= 4 is 34.8 Å². The number of anilines is 2. The van der Waals surface area contributed by atoms with E-state index in [-0.39, 0.29) is 10.7 Å². The molecule has 0 aromatic heterocycles. The number of rotatable bonds is 5. The summed E-state index contributed by atoms with van der Waals surface area (Å²) < 4.78 is 5.55. The van der Waals surface area contributed by atoms with E-state index in [1.807, 2.05) is 45.0 Å². The molecule has 1 N–H and O–H groups in total. The van der Waals surface area contributed by atoms with Crippen LogP contribution in [0.3, 0.4) is 0 Å². The van der Waals surface area contributed by atoms with Crippen molar-refractivity contribution in [2.75, 3.05) is 16.8 Å². The Balaban J connectivity index is 1.96. The second-order valence-corrected chi connectivity index (χ2v) is 6.36. The molecule has 134 valence electrons. The number of nitrogens with one attached hydrogen (secondary N) is 1. The fraction of sp³-hybridized carbons (Fsp3) is 0.200. The van der Waals surface area contributed by atoms with Crippen molar-refractivity contribution in [2.24, 2.45) is 0 Å². The van der Waals surface area contributed by atoms with Crippen LogP contribution in [0.2, 0.25) is 0 Å². The van der Waals surface area contributed by atoms with Gasteiger partial charge >= 0.3 is 0 Å². The van der Waals surface area contributed by atoms with Gasteiger partial charge in [-0.3, -0.25) is 9.59 Å². The molecule has 1 aliphatic heterocycles. The summed E-state index contributed by atoms with van der Waals surface area (Å²) in [7, 11) is 0. The summed E-state index contributed by atoms with van der Waals surface area (Å²) in [4.78, 5) is 26.7. The molecule has 0 saturated carbocycles. The number of hydrogen-bond donors (Lipinski definition) is 1. The molecule has 0 spiro atoms. The minimum atomic E-state index is -0.540. The van der Waals surface area contributed by atoms with E-state index in [9.17, 15) is 9.59 Å². The topological polar surface area (TPSA) is 58.6 Å². The van der Waals surface area contributed by atoms with Crippen LogP contribution in [0.5, 0.6) is 5.75 Å². The van der Waals surface area contributed by atoms with E-state index < -0.39 is 11.8 Å². The van der Waals surface area contributed by atoms with Crippen molar-refractivity contribution in [2.45, 2.75) is 20.8 Å². The van der Waals surface area contributed by atoms with E-state index in [2.05, 4.69) is 5.32 Å². The zero-order valence-electron chi connectivity index (χ0n) is 14.8. The first-order valence-electron chi connectivity index (χ1n) is 8.28. The van der Waals surface area contributed by atoms with Gasteiger partial charge in [-0.05, 0) is 50.1 Å². The van der Waals surface area contributed by atoms with Crippen LogP contribution in [-0.2, 0) is 9.59 Å². The maximum Gasteiger partial charge on any atom is 0.283 e. The maximum absolute atomic E-state index is 12.9. The van der Waals surface area contributed by atoms with Crippen LogP contribution in [0.1, 0.15) is 18.1 Å². The summed E-state index contributed by atoms with van der Waals surface area (Å²) >= 11 is 6.20. The number of benzene rings is 2. The number of imide groups is 1. The van der Waals surface area contributed by atoms with Crippen molar-refractivity contribution < 1.29 is 14.3 Å². The summed E-state index contributed by atoms with van der Waals surface area (Å²) in [5.74, 6) is -0.445. The molecule has 0 saturated heterocycles. The fourth-order valence-corrected chi connectivity index (χ4v) is 2.99. The molecule has 5 nitrogen and oxygen atoms in total. The summed E-state index contributed by atoms with van der Waals surface area (Å²) in [5, 5.41) is 2.83. The van der Waals surface area contributed by atoms with Gasteiger partial charge in [0.2, 0.25) is 0 Å². The van der Waals surface area contributed by atoms with E-state index in [1.165, 1.54) is 0 Å². The molecular weight excluding hydrogens is 352 g/mol. The van der Waals surface area contributed by atoms with Gasteiger partial charge in [-0.1, -0.05) is 35.9 Å². The van der Waals surface area contributed by atoms with Gasteiger partial charge < -0.3 is 10.1 Å². The average Bonchev–Trinajstić information content (AvgIpc) is 2.82. The van der Waals surface area contributed by atoms with E-state index >= 15 is 0 Å². The number of nitrogens with zero attached hydrogens (tertiary/aromatic N) is 1. The summed E-state index contributed by atoms with van der Waals surface area (Å²) in [6, 6.07) is 12.8. The Hall–Kier alpha value is -2.79. The molecule has 0 fully saturated rings. The summed E-state index contributed by atoms with van der Waals surface area (Å²) in [6.07, 6.45) is 0. The van der Waals surface area contributed by atoms with Crippen LogP contribution in [0.15, 0.2) is 53.2 Å². The number of amides is 2. The smallest absolute Gasteiger partial charge is 0.283 e. The normalized spacial score (nSPS) is 14.2. The van der Waals surface area contributed by atoms with Crippen LogP contribution in [0, 0.1) is 13.8 Å². The first-order valence-corrected chi connectivity index (χ1v) is 8.66. The first-order chi connectivity index (χ1) is 12.4. The quantitative estimate of drug-likeness (QED) is 0.804. The van der Waals surface area contributed by atoms with Crippen LogP contribution < -0.4 is 15.0 Å². The molecule has 26 heavy (non-hydrogen) atoms. The molecule has 6 heteroatoms. The highest BCUT2D eigenvalue weighted by Gasteiger charge is 2.39. The summed E-state index contributed by atoms with van der Waals surface area (Å²) in [6.45, 7) is 6.10. The Morgan fingerprint density at radius 3 is 2.54 bits per heavy atom. The Kier molecular flexibility index (Phi) is 5.00. The minimum Gasteiger partial charge on any atom is -0.492 e. The molecule has 2 aromatic rings. The van der Waals surface area contributed by atoms with Crippen molar-refractivity contribution in [3.63, 3.8) is 0 Å². The molecule has 2 aromatic carbocycles. The third-order valence-electron chi connectivity index (χ3n) is 4.08.